The first kappa shape index (κ1) is 9.20. The second-order valence-electron chi connectivity index (χ2n) is 2.31. The van der Waals surface area contributed by atoms with Crippen LogP contribution in [0.3, 0.4) is 0 Å². The first-order valence-electron chi connectivity index (χ1n) is 3.45. The maximum Gasteiger partial charge on any atom is 0.150 e. The summed E-state index contributed by atoms with van der Waals surface area (Å²) in [4.78, 5) is 10.3. The summed E-state index contributed by atoms with van der Waals surface area (Å²) in [5, 5.41) is 8.54. The predicted octanol–water partition coefficient (Wildman–Crippen LogP) is 1.52. The molecular formula is C9H6FNO2. The Kier molecular flexibility index (Phi) is 2.60. The summed E-state index contributed by atoms with van der Waals surface area (Å²) in [7, 11) is 1.31. The molecule has 0 saturated carbocycles. The number of hydrogen-bond donors (Lipinski definition) is 0. The summed E-state index contributed by atoms with van der Waals surface area (Å²) in [5.74, 6) is -0.673. The fourth-order valence-electron chi connectivity index (χ4n) is 0.939. The van der Waals surface area contributed by atoms with E-state index >= 15 is 0 Å². The van der Waals surface area contributed by atoms with Crippen molar-refractivity contribution in [3.05, 3.63) is 29.1 Å². The zero-order chi connectivity index (χ0) is 9.84. The lowest BCUT2D eigenvalue weighted by Gasteiger charge is -2.03. The van der Waals surface area contributed by atoms with Crippen molar-refractivity contribution in [1.29, 1.82) is 5.26 Å². The van der Waals surface area contributed by atoms with E-state index in [4.69, 9.17) is 10.00 Å². The molecule has 0 heterocycles. The maximum atomic E-state index is 13.0. The Labute approximate surface area is 74.4 Å². The first-order chi connectivity index (χ1) is 6.22. The molecule has 0 aromatic heterocycles. The van der Waals surface area contributed by atoms with Gasteiger partial charge in [0.05, 0.1) is 7.11 Å². The largest absolute Gasteiger partial charge is 0.495 e. The van der Waals surface area contributed by atoms with Crippen molar-refractivity contribution in [1.82, 2.24) is 0 Å². The van der Waals surface area contributed by atoms with Crippen LogP contribution in [0.5, 0.6) is 5.75 Å². The zero-order valence-electron chi connectivity index (χ0n) is 6.87. The second kappa shape index (κ2) is 3.68. The third-order valence-corrected chi connectivity index (χ3v) is 1.54. The van der Waals surface area contributed by atoms with E-state index in [0.29, 0.717) is 6.29 Å². The number of carbonyl (C=O) groups excluding carboxylic acids is 1. The molecule has 0 atom stereocenters. The fourth-order valence-corrected chi connectivity index (χ4v) is 0.939. The molecule has 1 aromatic carbocycles. The molecule has 0 amide bonds. The van der Waals surface area contributed by atoms with Gasteiger partial charge in [0.2, 0.25) is 0 Å². The summed E-state index contributed by atoms with van der Waals surface area (Å²) in [6, 6.07) is 3.96. The van der Waals surface area contributed by atoms with Crippen molar-refractivity contribution in [3.8, 4) is 11.8 Å². The van der Waals surface area contributed by atoms with Gasteiger partial charge >= 0.3 is 0 Å². The van der Waals surface area contributed by atoms with Crippen LogP contribution in [-0.2, 0) is 0 Å². The zero-order valence-corrected chi connectivity index (χ0v) is 6.87. The average molecular weight is 179 g/mol. The number of rotatable bonds is 2. The smallest absolute Gasteiger partial charge is 0.150 e. The van der Waals surface area contributed by atoms with Crippen LogP contribution in [0.2, 0.25) is 0 Å². The molecular weight excluding hydrogens is 173 g/mol. The number of aldehydes is 1. The molecule has 0 N–H and O–H groups in total. The molecule has 0 unspecified atom stereocenters. The molecule has 0 aliphatic carbocycles. The normalized spacial score (nSPS) is 9.00. The van der Waals surface area contributed by atoms with Crippen LogP contribution in [0.4, 0.5) is 4.39 Å². The molecule has 0 radical (unpaired) electrons. The van der Waals surface area contributed by atoms with E-state index < -0.39 is 5.82 Å². The van der Waals surface area contributed by atoms with Crippen LogP contribution in [-0.4, -0.2) is 13.4 Å². The molecule has 0 spiro atoms. The van der Waals surface area contributed by atoms with Crippen molar-refractivity contribution >= 4 is 6.29 Å². The monoisotopic (exact) mass is 179 g/mol. The Morgan fingerprint density at radius 1 is 1.62 bits per heavy atom. The molecule has 0 fully saturated rings. The lowest BCUT2D eigenvalue weighted by Crippen LogP contribution is -1.94. The number of halogens is 1. The van der Waals surface area contributed by atoms with Crippen LogP contribution in [0.1, 0.15) is 15.9 Å². The Balaban J connectivity index is 3.39. The number of carbonyl (C=O) groups is 1. The summed E-state index contributed by atoms with van der Waals surface area (Å²) in [5.41, 5.74) is -0.0403. The van der Waals surface area contributed by atoms with Crippen LogP contribution in [0.15, 0.2) is 12.1 Å². The number of ether oxygens (including phenoxy) is 1. The van der Waals surface area contributed by atoms with Crippen LogP contribution in [0, 0.1) is 17.1 Å². The summed E-state index contributed by atoms with van der Waals surface area (Å²) < 4.78 is 17.8. The fraction of sp³-hybridized carbons (Fsp3) is 0.111. The summed E-state index contributed by atoms with van der Waals surface area (Å²) in [6.45, 7) is 0. The number of hydrogen-bond acceptors (Lipinski definition) is 3. The Morgan fingerprint density at radius 3 is 2.77 bits per heavy atom. The van der Waals surface area contributed by atoms with Crippen LogP contribution < -0.4 is 4.74 Å². The lowest BCUT2D eigenvalue weighted by molar-refractivity contribution is 0.112. The Bertz CT molecular complexity index is 382. The van der Waals surface area contributed by atoms with E-state index in [1.165, 1.54) is 13.2 Å². The topological polar surface area (TPSA) is 50.1 Å². The third-order valence-electron chi connectivity index (χ3n) is 1.54. The minimum atomic E-state index is -0.746. The molecule has 1 aromatic rings. The molecule has 3 nitrogen and oxygen atoms in total. The lowest BCUT2D eigenvalue weighted by atomic mass is 10.1. The van der Waals surface area contributed by atoms with Gasteiger partial charge in [0.1, 0.15) is 29.5 Å². The van der Waals surface area contributed by atoms with Gasteiger partial charge in [-0.3, -0.25) is 4.79 Å². The van der Waals surface area contributed by atoms with Crippen molar-refractivity contribution < 1.29 is 13.9 Å². The van der Waals surface area contributed by atoms with Gasteiger partial charge in [-0.1, -0.05) is 0 Å². The predicted molar refractivity (Wildman–Crippen MR) is 43.1 cm³/mol. The van der Waals surface area contributed by atoms with Crippen molar-refractivity contribution in [2.45, 2.75) is 0 Å². The number of nitrogens with zero attached hydrogens (tertiary/aromatic N) is 1. The molecule has 4 heteroatoms. The molecule has 0 aliphatic rings. The molecule has 13 heavy (non-hydrogen) atoms. The highest BCUT2D eigenvalue weighted by atomic mass is 19.1. The molecule has 1 rings (SSSR count). The highest BCUT2D eigenvalue weighted by molar-refractivity contribution is 5.76. The van der Waals surface area contributed by atoms with Gasteiger partial charge < -0.3 is 4.74 Å². The van der Waals surface area contributed by atoms with Crippen molar-refractivity contribution in [2.75, 3.05) is 7.11 Å². The van der Waals surface area contributed by atoms with Gasteiger partial charge in [-0.25, -0.2) is 4.39 Å². The van der Waals surface area contributed by atoms with E-state index in [9.17, 15) is 9.18 Å². The van der Waals surface area contributed by atoms with Gasteiger partial charge in [-0.05, 0) is 12.1 Å². The van der Waals surface area contributed by atoms with Crippen LogP contribution >= 0.6 is 0 Å². The second-order valence-corrected chi connectivity index (χ2v) is 2.31. The number of methoxy groups -OCH3 is 1. The van der Waals surface area contributed by atoms with Gasteiger partial charge in [-0.2, -0.15) is 5.26 Å². The molecule has 0 aliphatic heterocycles. The highest BCUT2D eigenvalue weighted by Gasteiger charge is 2.10. The van der Waals surface area contributed by atoms with Gasteiger partial charge in [0.15, 0.2) is 0 Å². The van der Waals surface area contributed by atoms with Crippen molar-refractivity contribution in [2.24, 2.45) is 0 Å². The van der Waals surface area contributed by atoms with Gasteiger partial charge in [0.25, 0.3) is 0 Å². The first-order valence-corrected chi connectivity index (χ1v) is 3.45. The summed E-state index contributed by atoms with van der Waals surface area (Å²) in [6.07, 6.45) is 0.493. The minimum Gasteiger partial charge on any atom is -0.495 e. The minimum absolute atomic E-state index is 0.0737. The number of nitriles is 1. The highest BCUT2D eigenvalue weighted by Crippen LogP contribution is 2.21. The standard InChI is InChI=1S/C9H6FNO2/c1-13-9-3-6(5-12)2-8(10)7(9)4-11/h2-3,5H,1H3. The summed E-state index contributed by atoms with van der Waals surface area (Å²) >= 11 is 0. The van der Waals surface area contributed by atoms with Crippen molar-refractivity contribution in [3.63, 3.8) is 0 Å². The molecule has 66 valence electrons. The van der Waals surface area contributed by atoms with Gasteiger partial charge in [0, 0.05) is 5.56 Å². The third kappa shape index (κ3) is 1.64. The quantitative estimate of drug-likeness (QED) is 0.646. The number of benzene rings is 1. The van der Waals surface area contributed by atoms with E-state index in [-0.39, 0.29) is 16.9 Å². The Morgan fingerprint density at radius 2 is 2.31 bits per heavy atom. The van der Waals surface area contributed by atoms with Gasteiger partial charge in [-0.15, -0.1) is 0 Å². The molecule has 0 bridgehead atoms. The van der Waals surface area contributed by atoms with Crippen LogP contribution in [0.25, 0.3) is 0 Å². The Hall–Kier alpha value is -1.89. The van der Waals surface area contributed by atoms with E-state index in [1.807, 2.05) is 0 Å². The van der Waals surface area contributed by atoms with E-state index in [1.54, 1.807) is 6.07 Å². The average Bonchev–Trinajstić information content (AvgIpc) is 2.16. The molecule has 0 saturated heterocycles. The van der Waals surface area contributed by atoms with E-state index in [0.717, 1.165) is 6.07 Å². The maximum absolute atomic E-state index is 13.0. The SMILES string of the molecule is COc1cc(C=O)cc(F)c1C#N. The van der Waals surface area contributed by atoms with E-state index in [2.05, 4.69) is 0 Å².